The van der Waals surface area contributed by atoms with Crippen LogP contribution in [0, 0.1) is 18.3 Å². The Morgan fingerprint density at radius 3 is 2.74 bits per heavy atom. The van der Waals surface area contributed by atoms with Crippen LogP contribution in [0.5, 0.6) is 5.75 Å². The van der Waals surface area contributed by atoms with Gasteiger partial charge in [0, 0.05) is 10.0 Å². The zero-order chi connectivity index (χ0) is 13.8. The molecule has 0 heterocycles. The molecular weight excluding hydrogens is 326 g/mol. The molecule has 19 heavy (non-hydrogen) atoms. The van der Waals surface area contributed by atoms with Crippen LogP contribution in [-0.4, -0.2) is 0 Å². The second-order valence-corrected chi connectivity index (χ2v) is 5.41. The van der Waals surface area contributed by atoms with E-state index < -0.39 is 0 Å². The van der Waals surface area contributed by atoms with Crippen LogP contribution < -0.4 is 4.74 Å². The Kier molecular flexibility index (Phi) is 4.47. The maximum atomic E-state index is 9.02. The lowest BCUT2D eigenvalue weighted by atomic mass is 10.1. The van der Waals surface area contributed by atoms with Crippen molar-refractivity contribution < 1.29 is 4.74 Å². The number of ether oxygens (including phenoxy) is 1. The van der Waals surface area contributed by atoms with Crippen molar-refractivity contribution in [2.24, 2.45) is 0 Å². The second kappa shape index (κ2) is 6.10. The van der Waals surface area contributed by atoms with Crippen LogP contribution in [0.1, 0.15) is 16.7 Å². The third-order valence-corrected chi connectivity index (χ3v) is 3.44. The van der Waals surface area contributed by atoms with Crippen molar-refractivity contribution >= 4 is 27.5 Å². The summed E-state index contributed by atoms with van der Waals surface area (Å²) in [6, 6.07) is 13.2. The predicted molar refractivity (Wildman–Crippen MR) is 79.4 cm³/mol. The highest BCUT2D eigenvalue weighted by molar-refractivity contribution is 9.10. The van der Waals surface area contributed by atoms with Crippen molar-refractivity contribution in [3.63, 3.8) is 0 Å². The number of rotatable bonds is 3. The van der Waals surface area contributed by atoms with Crippen molar-refractivity contribution in [3.05, 3.63) is 62.6 Å². The third kappa shape index (κ3) is 3.28. The third-order valence-electron chi connectivity index (χ3n) is 2.70. The molecule has 0 N–H and O–H groups in total. The molecule has 0 aromatic heterocycles. The van der Waals surface area contributed by atoms with Gasteiger partial charge >= 0.3 is 0 Å². The number of nitriles is 1. The van der Waals surface area contributed by atoms with E-state index in [2.05, 4.69) is 22.0 Å². The Bertz CT molecular complexity index is 626. The molecule has 2 aromatic carbocycles. The van der Waals surface area contributed by atoms with Crippen molar-refractivity contribution in [1.82, 2.24) is 0 Å². The molecule has 0 spiro atoms. The Hall–Kier alpha value is -1.50. The molecule has 0 fully saturated rings. The van der Waals surface area contributed by atoms with Crippen LogP contribution in [0.25, 0.3) is 0 Å². The Morgan fingerprint density at radius 1 is 1.32 bits per heavy atom. The maximum Gasteiger partial charge on any atom is 0.141 e. The summed E-state index contributed by atoms with van der Waals surface area (Å²) in [7, 11) is 0. The molecule has 0 aliphatic carbocycles. The van der Waals surface area contributed by atoms with E-state index in [9.17, 15) is 0 Å². The van der Waals surface area contributed by atoms with Crippen molar-refractivity contribution in [3.8, 4) is 11.8 Å². The molecule has 2 aromatic rings. The van der Waals surface area contributed by atoms with Crippen molar-refractivity contribution in [2.45, 2.75) is 13.5 Å². The molecule has 0 bridgehead atoms. The fraction of sp³-hybridized carbons (Fsp3) is 0.133. The van der Waals surface area contributed by atoms with Crippen LogP contribution in [0.2, 0.25) is 5.02 Å². The second-order valence-electron chi connectivity index (χ2n) is 4.09. The number of hydrogen-bond donors (Lipinski definition) is 0. The van der Waals surface area contributed by atoms with Crippen LogP contribution in [0.4, 0.5) is 0 Å². The van der Waals surface area contributed by atoms with Crippen LogP contribution in [-0.2, 0) is 6.61 Å². The Labute approximate surface area is 125 Å². The number of halogens is 2. The predicted octanol–water partition coefficient (Wildman–Crippen LogP) is 4.86. The Morgan fingerprint density at radius 2 is 2.05 bits per heavy atom. The molecule has 0 unspecified atom stereocenters. The molecule has 0 aliphatic heterocycles. The van der Waals surface area contributed by atoms with Crippen LogP contribution >= 0.6 is 27.5 Å². The van der Waals surface area contributed by atoms with E-state index in [1.54, 1.807) is 12.1 Å². The first-order chi connectivity index (χ1) is 9.11. The molecule has 0 saturated carbocycles. The first-order valence-corrected chi connectivity index (χ1v) is 6.85. The summed E-state index contributed by atoms with van der Waals surface area (Å²) in [6.45, 7) is 2.26. The van der Waals surface area contributed by atoms with Gasteiger partial charge in [-0.3, -0.25) is 0 Å². The van der Waals surface area contributed by atoms with Crippen molar-refractivity contribution in [1.29, 1.82) is 5.26 Å². The molecule has 2 nitrogen and oxygen atoms in total. The lowest BCUT2D eigenvalue weighted by Crippen LogP contribution is -2.00. The lowest BCUT2D eigenvalue weighted by molar-refractivity contribution is 0.304. The zero-order valence-electron chi connectivity index (χ0n) is 10.3. The molecule has 2 rings (SSSR count). The summed E-state index contributed by atoms with van der Waals surface area (Å²) in [6.07, 6.45) is 0. The molecular formula is C15H11BrClNO. The lowest BCUT2D eigenvalue weighted by Gasteiger charge is -2.12. The van der Waals surface area contributed by atoms with E-state index in [1.807, 2.05) is 31.2 Å². The van der Waals surface area contributed by atoms with Gasteiger partial charge in [0.05, 0.1) is 16.7 Å². The van der Waals surface area contributed by atoms with E-state index in [0.29, 0.717) is 22.9 Å². The van der Waals surface area contributed by atoms with Crippen molar-refractivity contribution in [2.75, 3.05) is 0 Å². The van der Waals surface area contributed by atoms with Gasteiger partial charge in [-0.2, -0.15) is 5.26 Å². The van der Waals surface area contributed by atoms with E-state index in [-0.39, 0.29) is 0 Å². The molecule has 0 atom stereocenters. The Balaban J connectivity index is 2.22. The van der Waals surface area contributed by atoms with Gasteiger partial charge in [0.2, 0.25) is 0 Å². The number of hydrogen-bond acceptors (Lipinski definition) is 2. The van der Waals surface area contributed by atoms with E-state index in [4.69, 9.17) is 21.6 Å². The van der Waals surface area contributed by atoms with Gasteiger partial charge in [0.25, 0.3) is 0 Å². The standard InChI is InChI=1S/C15H11BrClNO/c1-10-6-13(16)7-14(17)15(10)19-9-12-5-3-2-4-11(12)8-18/h2-7H,9H2,1H3. The SMILES string of the molecule is Cc1cc(Br)cc(Cl)c1OCc1ccccc1C#N. The van der Waals surface area contributed by atoms with Gasteiger partial charge in [-0.1, -0.05) is 45.7 Å². The summed E-state index contributed by atoms with van der Waals surface area (Å²) in [5, 5.41) is 9.58. The highest BCUT2D eigenvalue weighted by Crippen LogP contribution is 2.32. The minimum atomic E-state index is 0.325. The monoisotopic (exact) mass is 335 g/mol. The van der Waals surface area contributed by atoms with E-state index in [1.165, 1.54) is 0 Å². The number of benzene rings is 2. The fourth-order valence-electron chi connectivity index (χ4n) is 1.78. The van der Waals surface area contributed by atoms with Gasteiger partial charge in [-0.25, -0.2) is 0 Å². The smallest absolute Gasteiger partial charge is 0.141 e. The average Bonchev–Trinajstić information content (AvgIpc) is 2.38. The quantitative estimate of drug-likeness (QED) is 0.801. The van der Waals surface area contributed by atoms with E-state index in [0.717, 1.165) is 15.6 Å². The number of nitrogens with zero attached hydrogens (tertiary/aromatic N) is 1. The van der Waals surface area contributed by atoms with Gasteiger partial charge in [0.15, 0.2) is 0 Å². The molecule has 0 amide bonds. The average molecular weight is 337 g/mol. The largest absolute Gasteiger partial charge is 0.487 e. The first-order valence-electron chi connectivity index (χ1n) is 5.68. The first kappa shape index (κ1) is 13.9. The van der Waals surface area contributed by atoms with Gasteiger partial charge < -0.3 is 4.74 Å². The highest BCUT2D eigenvalue weighted by atomic mass is 79.9. The van der Waals surface area contributed by atoms with Crippen LogP contribution in [0.15, 0.2) is 40.9 Å². The van der Waals surface area contributed by atoms with Gasteiger partial charge in [-0.15, -0.1) is 0 Å². The zero-order valence-corrected chi connectivity index (χ0v) is 12.6. The summed E-state index contributed by atoms with van der Waals surface area (Å²) in [5.41, 5.74) is 2.42. The van der Waals surface area contributed by atoms with Crippen LogP contribution in [0.3, 0.4) is 0 Å². The minimum Gasteiger partial charge on any atom is -0.487 e. The summed E-state index contributed by atoms with van der Waals surface area (Å²) in [4.78, 5) is 0. The fourth-order valence-corrected chi connectivity index (χ4v) is 2.80. The molecule has 0 radical (unpaired) electrons. The molecule has 0 saturated heterocycles. The summed E-state index contributed by atoms with van der Waals surface area (Å²) >= 11 is 9.54. The normalized spacial score (nSPS) is 10.0. The topological polar surface area (TPSA) is 33.0 Å². The number of aryl methyl sites for hydroxylation is 1. The molecule has 96 valence electrons. The summed E-state index contributed by atoms with van der Waals surface area (Å²) in [5.74, 6) is 0.651. The van der Waals surface area contributed by atoms with E-state index >= 15 is 0 Å². The van der Waals surface area contributed by atoms with Gasteiger partial charge in [-0.05, 0) is 30.7 Å². The highest BCUT2D eigenvalue weighted by Gasteiger charge is 2.09. The summed E-state index contributed by atoms with van der Waals surface area (Å²) < 4.78 is 6.66. The molecule has 0 aliphatic rings. The maximum absolute atomic E-state index is 9.02. The molecule has 4 heteroatoms. The minimum absolute atomic E-state index is 0.325. The van der Waals surface area contributed by atoms with Gasteiger partial charge in [0.1, 0.15) is 12.4 Å².